The first kappa shape index (κ1) is 18.5. The van der Waals surface area contributed by atoms with Gasteiger partial charge in [-0.1, -0.05) is 22.8 Å². The van der Waals surface area contributed by atoms with Crippen LogP contribution in [0.1, 0.15) is 37.4 Å². The van der Waals surface area contributed by atoms with Crippen LogP contribution in [-0.2, 0) is 14.3 Å². The molecule has 1 aliphatic carbocycles. The van der Waals surface area contributed by atoms with E-state index in [0.717, 1.165) is 19.1 Å². The summed E-state index contributed by atoms with van der Waals surface area (Å²) in [5, 5.41) is 5.46. The number of aromatic nitrogens is 2. The molecule has 9 heteroatoms. The number of halogens is 1. The number of pyridine rings is 1. The molecule has 0 aliphatic heterocycles. The molecule has 144 valence electrons. The fourth-order valence-corrected chi connectivity index (χ4v) is 4.94. The van der Waals surface area contributed by atoms with Crippen LogP contribution in [0.2, 0.25) is 5.02 Å². The molecule has 0 saturated heterocycles. The summed E-state index contributed by atoms with van der Waals surface area (Å²) in [6.45, 7) is 1.72. The Hall–Kier alpha value is -1.90. The molecule has 1 saturated carbocycles. The number of hydrogen-bond donors (Lipinski definition) is 0. The van der Waals surface area contributed by atoms with Gasteiger partial charge in [-0.15, -0.1) is 0 Å². The van der Waals surface area contributed by atoms with Gasteiger partial charge in [0, 0.05) is 6.04 Å². The summed E-state index contributed by atoms with van der Waals surface area (Å²) >= 11 is 6.42. The average Bonchev–Trinajstić information content (AvgIpc) is 2.96. The van der Waals surface area contributed by atoms with Crippen LogP contribution in [0.3, 0.4) is 0 Å². The zero-order valence-corrected chi connectivity index (χ0v) is 16.5. The fraction of sp³-hybridized carbons (Fsp3) is 0.444. The number of aryl methyl sites for hydroxylation is 1. The van der Waals surface area contributed by atoms with Crippen molar-refractivity contribution in [2.75, 3.05) is 6.26 Å². The lowest BCUT2D eigenvalue weighted by Gasteiger charge is -2.30. The van der Waals surface area contributed by atoms with Crippen molar-refractivity contribution in [1.82, 2.24) is 9.72 Å². The lowest BCUT2D eigenvalue weighted by molar-refractivity contribution is 0.134. The van der Waals surface area contributed by atoms with Gasteiger partial charge in [-0.2, -0.15) is 8.42 Å². The lowest BCUT2D eigenvalue weighted by Crippen LogP contribution is -2.32. The van der Waals surface area contributed by atoms with Crippen molar-refractivity contribution in [1.29, 1.82) is 0 Å². The van der Waals surface area contributed by atoms with Crippen LogP contribution in [0.4, 0.5) is 0 Å². The molecule has 2 unspecified atom stereocenters. The van der Waals surface area contributed by atoms with E-state index < -0.39 is 16.2 Å². The smallest absolute Gasteiger partial charge is 0.264 e. The highest BCUT2D eigenvalue weighted by atomic mass is 35.5. The minimum Gasteiger partial charge on any atom is -0.355 e. The highest BCUT2D eigenvalue weighted by Crippen LogP contribution is 2.36. The van der Waals surface area contributed by atoms with Gasteiger partial charge in [-0.25, -0.2) is 0 Å². The van der Waals surface area contributed by atoms with Crippen molar-refractivity contribution in [3.63, 3.8) is 0 Å². The Labute approximate surface area is 161 Å². The van der Waals surface area contributed by atoms with Gasteiger partial charge in [0.2, 0.25) is 0 Å². The van der Waals surface area contributed by atoms with E-state index in [0.29, 0.717) is 45.4 Å². The lowest BCUT2D eigenvalue weighted by atomic mass is 9.92. The summed E-state index contributed by atoms with van der Waals surface area (Å²) in [5.74, 6) is 0. The molecule has 0 bridgehead atoms. The maximum absolute atomic E-state index is 13.3. The molecule has 1 fully saturated rings. The molecule has 3 aromatic rings. The van der Waals surface area contributed by atoms with Crippen LogP contribution in [0.5, 0.6) is 0 Å². The van der Waals surface area contributed by atoms with Crippen molar-refractivity contribution < 1.29 is 17.1 Å². The number of fused-ring (bicyclic) bond motifs is 3. The Bertz CT molecular complexity index is 1200. The van der Waals surface area contributed by atoms with E-state index >= 15 is 0 Å². The molecule has 4 rings (SSSR count). The Morgan fingerprint density at radius 2 is 2.07 bits per heavy atom. The van der Waals surface area contributed by atoms with Crippen LogP contribution in [-0.4, -0.2) is 30.5 Å². The number of benzene rings is 1. The maximum atomic E-state index is 13.3. The topological polar surface area (TPSA) is 91.4 Å². The SMILES string of the molecule is Cc1noc2c1c(=O)n(C1CCCC(OS(C)(=O)=O)C1)c1cccc(Cl)c21. The largest absolute Gasteiger partial charge is 0.355 e. The third-order valence-corrected chi connectivity index (χ3v) is 5.98. The molecule has 1 aromatic carbocycles. The fourth-order valence-electron chi connectivity index (χ4n) is 4.01. The van der Waals surface area contributed by atoms with Crippen LogP contribution in [0.25, 0.3) is 21.9 Å². The van der Waals surface area contributed by atoms with Gasteiger partial charge in [-0.05, 0) is 44.7 Å². The van der Waals surface area contributed by atoms with Crippen LogP contribution >= 0.6 is 11.6 Å². The summed E-state index contributed by atoms with van der Waals surface area (Å²) < 4.78 is 35.3. The number of rotatable bonds is 3. The van der Waals surface area contributed by atoms with E-state index in [1.165, 1.54) is 0 Å². The summed E-state index contributed by atoms with van der Waals surface area (Å²) in [6.07, 6.45) is 3.20. The van der Waals surface area contributed by atoms with Gasteiger partial charge in [0.15, 0.2) is 5.58 Å². The van der Waals surface area contributed by atoms with Crippen molar-refractivity contribution in [3.05, 3.63) is 39.3 Å². The van der Waals surface area contributed by atoms with Gasteiger partial charge >= 0.3 is 0 Å². The summed E-state index contributed by atoms with van der Waals surface area (Å²) in [6, 6.07) is 5.15. The molecular formula is C18H19ClN2O5S. The molecule has 2 aromatic heterocycles. The molecule has 27 heavy (non-hydrogen) atoms. The van der Waals surface area contributed by atoms with Gasteiger partial charge in [0.25, 0.3) is 15.7 Å². The quantitative estimate of drug-likeness (QED) is 0.613. The van der Waals surface area contributed by atoms with Gasteiger partial charge < -0.3 is 9.09 Å². The predicted octanol–water partition coefficient (Wildman–Crippen LogP) is 3.56. The van der Waals surface area contributed by atoms with Crippen LogP contribution in [0.15, 0.2) is 27.5 Å². The molecule has 2 atom stereocenters. The molecule has 0 radical (unpaired) electrons. The zero-order valence-electron chi connectivity index (χ0n) is 14.9. The minimum absolute atomic E-state index is 0.197. The second kappa shape index (κ2) is 6.61. The standard InChI is InChI=1S/C18H19ClN2O5S/c1-10-15-17(25-20-10)16-13(19)7-4-8-14(16)21(18(15)22)11-5-3-6-12(9-11)26-27(2,23)24/h4,7-8,11-12H,3,5-6,9H2,1-2H3. The molecule has 0 spiro atoms. The first-order valence-electron chi connectivity index (χ1n) is 8.73. The Balaban J connectivity index is 1.92. The van der Waals surface area contributed by atoms with Crippen molar-refractivity contribution in [3.8, 4) is 0 Å². The summed E-state index contributed by atoms with van der Waals surface area (Å²) in [4.78, 5) is 13.3. The molecule has 0 amide bonds. The number of hydrogen-bond acceptors (Lipinski definition) is 6. The summed E-state index contributed by atoms with van der Waals surface area (Å²) in [5.41, 5.74) is 1.34. The third kappa shape index (κ3) is 3.26. The minimum atomic E-state index is -3.55. The average molecular weight is 411 g/mol. The van der Waals surface area contributed by atoms with E-state index in [1.54, 1.807) is 23.6 Å². The van der Waals surface area contributed by atoms with E-state index in [1.807, 2.05) is 6.07 Å². The Kier molecular flexibility index (Phi) is 4.52. The molecule has 7 nitrogen and oxygen atoms in total. The number of nitrogens with zero attached hydrogens (tertiary/aromatic N) is 2. The monoisotopic (exact) mass is 410 g/mol. The Morgan fingerprint density at radius 3 is 2.81 bits per heavy atom. The van der Waals surface area contributed by atoms with Gasteiger partial charge in [-0.3, -0.25) is 8.98 Å². The van der Waals surface area contributed by atoms with Crippen molar-refractivity contribution >= 4 is 43.6 Å². The first-order chi connectivity index (χ1) is 12.8. The second-order valence-electron chi connectivity index (χ2n) is 7.02. The van der Waals surface area contributed by atoms with Gasteiger partial charge in [0.1, 0.15) is 5.39 Å². The normalized spacial score (nSPS) is 21.1. The summed E-state index contributed by atoms with van der Waals surface area (Å²) in [7, 11) is -3.55. The van der Waals surface area contributed by atoms with Crippen LogP contribution < -0.4 is 5.56 Å². The van der Waals surface area contributed by atoms with Crippen molar-refractivity contribution in [2.24, 2.45) is 0 Å². The highest BCUT2D eigenvalue weighted by Gasteiger charge is 2.30. The second-order valence-corrected chi connectivity index (χ2v) is 9.03. The van der Waals surface area contributed by atoms with E-state index in [9.17, 15) is 13.2 Å². The highest BCUT2D eigenvalue weighted by molar-refractivity contribution is 7.86. The molecule has 1 aliphatic rings. The van der Waals surface area contributed by atoms with E-state index in [2.05, 4.69) is 5.16 Å². The van der Waals surface area contributed by atoms with E-state index in [4.69, 9.17) is 20.3 Å². The van der Waals surface area contributed by atoms with Gasteiger partial charge in [0.05, 0.1) is 34.0 Å². The van der Waals surface area contributed by atoms with Crippen molar-refractivity contribution in [2.45, 2.75) is 44.8 Å². The zero-order chi connectivity index (χ0) is 19.3. The predicted molar refractivity (Wildman–Crippen MR) is 103 cm³/mol. The van der Waals surface area contributed by atoms with E-state index in [-0.39, 0.29) is 11.6 Å². The first-order valence-corrected chi connectivity index (χ1v) is 10.9. The third-order valence-electron chi connectivity index (χ3n) is 5.05. The maximum Gasteiger partial charge on any atom is 0.264 e. The molecular weight excluding hydrogens is 392 g/mol. The van der Waals surface area contributed by atoms with Crippen LogP contribution in [0, 0.1) is 6.92 Å². The Morgan fingerprint density at radius 1 is 1.30 bits per heavy atom. The molecule has 2 heterocycles. The molecule has 0 N–H and O–H groups in total.